The number of likely N-dealkylation sites (N-methyl/N-ethyl adjacent to an activating group) is 1. The number of amides is 1. The van der Waals surface area contributed by atoms with Crippen LogP contribution in [0.3, 0.4) is 0 Å². The van der Waals surface area contributed by atoms with Gasteiger partial charge in [-0.05, 0) is 64.3 Å². The third kappa shape index (κ3) is 5.39. The molecule has 1 fully saturated rings. The largest absolute Gasteiger partial charge is 0.459 e. The third-order valence-corrected chi connectivity index (χ3v) is 8.64. The lowest BCUT2D eigenvalue weighted by Crippen LogP contribution is -2.41. The van der Waals surface area contributed by atoms with Crippen LogP contribution in [-0.2, 0) is 33.9 Å². The van der Waals surface area contributed by atoms with Gasteiger partial charge in [-0.3, -0.25) is 4.79 Å². The zero-order valence-electron chi connectivity index (χ0n) is 22.6. The molecule has 0 bridgehead atoms. The molecule has 5 heteroatoms. The maximum absolute atomic E-state index is 13.7. The second kappa shape index (κ2) is 11.4. The van der Waals surface area contributed by atoms with E-state index in [9.17, 15) is 9.90 Å². The number of hydrogen-bond acceptors (Lipinski definition) is 4. The maximum atomic E-state index is 13.7. The molecule has 3 aliphatic rings. The van der Waals surface area contributed by atoms with Crippen LogP contribution in [0.1, 0.15) is 72.3 Å². The van der Waals surface area contributed by atoms with Gasteiger partial charge in [0.05, 0.1) is 13.2 Å². The molecule has 3 aromatic carbocycles. The van der Waals surface area contributed by atoms with E-state index in [1.807, 2.05) is 42.3 Å². The Bertz CT molecular complexity index is 1360. The van der Waals surface area contributed by atoms with Crippen LogP contribution >= 0.6 is 0 Å². The molecule has 5 nitrogen and oxygen atoms in total. The molecule has 1 aliphatic heterocycles. The van der Waals surface area contributed by atoms with Gasteiger partial charge in [-0.2, -0.15) is 0 Å². The summed E-state index contributed by atoms with van der Waals surface area (Å²) >= 11 is 0. The second-order valence-electron chi connectivity index (χ2n) is 11.1. The zero-order chi connectivity index (χ0) is 26.8. The lowest BCUT2D eigenvalue weighted by Gasteiger charge is -2.35. The van der Waals surface area contributed by atoms with Gasteiger partial charge in [0.15, 0.2) is 5.76 Å². The van der Waals surface area contributed by atoms with Crippen molar-refractivity contribution in [2.24, 2.45) is 0 Å². The summed E-state index contributed by atoms with van der Waals surface area (Å²) in [6, 6.07) is 23.2. The van der Waals surface area contributed by atoms with Crippen LogP contribution in [0.4, 0.5) is 0 Å². The van der Waals surface area contributed by atoms with Crippen molar-refractivity contribution in [2.75, 3.05) is 7.05 Å². The summed E-state index contributed by atoms with van der Waals surface area (Å²) in [6.07, 6.45) is 8.74. The average molecular weight is 524 g/mol. The van der Waals surface area contributed by atoms with Crippen LogP contribution in [0.2, 0.25) is 0 Å². The van der Waals surface area contributed by atoms with Gasteiger partial charge in [0, 0.05) is 25.4 Å². The highest BCUT2D eigenvalue weighted by molar-refractivity contribution is 5.92. The van der Waals surface area contributed by atoms with Crippen molar-refractivity contribution < 1.29 is 19.4 Å². The Kier molecular flexibility index (Phi) is 7.53. The van der Waals surface area contributed by atoms with Gasteiger partial charge < -0.3 is 19.5 Å². The van der Waals surface area contributed by atoms with E-state index in [1.54, 1.807) is 0 Å². The number of carbonyl (C=O) groups is 1. The van der Waals surface area contributed by atoms with Crippen LogP contribution in [0, 0.1) is 0 Å². The summed E-state index contributed by atoms with van der Waals surface area (Å²) < 4.78 is 12.6. The summed E-state index contributed by atoms with van der Waals surface area (Å²) in [5, 5.41) is 9.35. The van der Waals surface area contributed by atoms with Gasteiger partial charge in [-0.1, -0.05) is 86.0 Å². The number of allylic oxidation sites excluding steroid dienone is 1. The van der Waals surface area contributed by atoms with E-state index in [2.05, 4.69) is 42.5 Å². The van der Waals surface area contributed by atoms with Crippen LogP contribution < -0.4 is 0 Å². The second-order valence-corrected chi connectivity index (χ2v) is 11.1. The fourth-order valence-electron chi connectivity index (χ4n) is 6.40. The number of nitrogens with zero attached hydrogens (tertiary/aromatic N) is 1. The van der Waals surface area contributed by atoms with Gasteiger partial charge in [0.2, 0.25) is 6.29 Å². The highest BCUT2D eigenvalue weighted by Crippen LogP contribution is 2.43. The first-order valence-corrected chi connectivity index (χ1v) is 14.3. The van der Waals surface area contributed by atoms with Gasteiger partial charge in [-0.25, -0.2) is 0 Å². The molecule has 0 unspecified atom stereocenters. The summed E-state index contributed by atoms with van der Waals surface area (Å²) in [7, 11) is 1.92. The van der Waals surface area contributed by atoms with E-state index in [-0.39, 0.29) is 24.5 Å². The Labute approximate surface area is 231 Å². The smallest absolute Gasteiger partial charge is 0.288 e. The summed E-state index contributed by atoms with van der Waals surface area (Å²) in [6.45, 7) is 0.395. The van der Waals surface area contributed by atoms with Gasteiger partial charge in [0.1, 0.15) is 0 Å². The van der Waals surface area contributed by atoms with Crippen molar-refractivity contribution in [1.29, 1.82) is 0 Å². The van der Waals surface area contributed by atoms with Crippen molar-refractivity contribution in [1.82, 2.24) is 4.90 Å². The molecule has 0 saturated heterocycles. The quantitative estimate of drug-likeness (QED) is 0.302. The summed E-state index contributed by atoms with van der Waals surface area (Å²) in [5.41, 5.74) is 8.41. The molecule has 202 valence electrons. The first kappa shape index (κ1) is 25.8. The van der Waals surface area contributed by atoms with Crippen molar-refractivity contribution in [3.05, 3.63) is 106 Å². The van der Waals surface area contributed by atoms with E-state index in [4.69, 9.17) is 9.47 Å². The maximum Gasteiger partial charge on any atom is 0.288 e. The molecule has 2 aliphatic carbocycles. The topological polar surface area (TPSA) is 59.0 Å². The fraction of sp³-hybridized carbons (Fsp3) is 0.382. The molecule has 0 aromatic heterocycles. The highest BCUT2D eigenvalue weighted by Gasteiger charge is 2.34. The zero-order valence-corrected chi connectivity index (χ0v) is 22.6. The molecule has 0 spiro atoms. The number of fused-ring (bicyclic) bond motifs is 3. The van der Waals surface area contributed by atoms with Crippen LogP contribution in [-0.4, -0.2) is 35.3 Å². The van der Waals surface area contributed by atoms with Crippen LogP contribution in [0.25, 0.3) is 11.1 Å². The number of aliphatic hydroxyl groups excluding tert-OH is 1. The fourth-order valence-corrected chi connectivity index (χ4v) is 6.40. The normalized spacial score (nSPS) is 20.5. The molecule has 2 atom stereocenters. The van der Waals surface area contributed by atoms with E-state index in [1.165, 1.54) is 47.1 Å². The lowest BCUT2D eigenvalue weighted by atomic mass is 9.87. The Morgan fingerprint density at radius 1 is 0.949 bits per heavy atom. The number of rotatable bonds is 7. The number of carbonyl (C=O) groups excluding carboxylic acids is 1. The number of ether oxygens (including phenoxy) is 2. The SMILES string of the molecule is CN(C(=O)C1=C[C@@H](c2cccc3c2Cc2ccccc2-3)C[C@@H](OCc2ccc(CO)cc2)O1)C1CCCCC1. The van der Waals surface area contributed by atoms with Gasteiger partial charge >= 0.3 is 0 Å². The van der Waals surface area contributed by atoms with Crippen molar-refractivity contribution in [3.8, 4) is 11.1 Å². The van der Waals surface area contributed by atoms with Crippen LogP contribution in [0.15, 0.2) is 78.6 Å². The molecule has 6 rings (SSSR count). The Morgan fingerprint density at radius 2 is 1.69 bits per heavy atom. The molecule has 0 radical (unpaired) electrons. The molecule has 39 heavy (non-hydrogen) atoms. The van der Waals surface area contributed by atoms with Gasteiger partial charge in [0.25, 0.3) is 5.91 Å². The highest BCUT2D eigenvalue weighted by atomic mass is 16.7. The predicted octanol–water partition coefficient (Wildman–Crippen LogP) is 6.47. The van der Waals surface area contributed by atoms with E-state index in [0.29, 0.717) is 18.8 Å². The average Bonchev–Trinajstić information content (AvgIpc) is 3.39. The number of benzene rings is 3. The van der Waals surface area contributed by atoms with Crippen molar-refractivity contribution >= 4 is 5.91 Å². The van der Waals surface area contributed by atoms with Gasteiger partial charge in [-0.15, -0.1) is 0 Å². The van der Waals surface area contributed by atoms with E-state index in [0.717, 1.165) is 30.4 Å². The standard InChI is InChI=1S/C34H37NO4/c1-35(27-9-3-2-4-10-27)34(37)32-19-26(20-33(39-32)38-22-24-16-14-23(21-36)15-17-24)29-12-7-13-30-28-11-6-5-8-25(28)18-31(29)30/h5-8,11-17,19,26-27,33,36H,2-4,9-10,18,20-22H2,1H3/t26-,33+/m1/s1. The minimum atomic E-state index is -0.532. The summed E-state index contributed by atoms with van der Waals surface area (Å²) in [4.78, 5) is 15.6. The molecule has 1 amide bonds. The summed E-state index contributed by atoms with van der Waals surface area (Å²) in [5.74, 6) is 0.361. The minimum Gasteiger partial charge on any atom is -0.459 e. The monoisotopic (exact) mass is 523 g/mol. The molecule has 3 aromatic rings. The Morgan fingerprint density at radius 3 is 2.49 bits per heavy atom. The van der Waals surface area contributed by atoms with Crippen molar-refractivity contribution in [2.45, 2.75) is 76.4 Å². The molecular formula is C34H37NO4. The minimum absolute atomic E-state index is 0.0171. The molecule has 1 heterocycles. The third-order valence-electron chi connectivity index (χ3n) is 8.64. The first-order valence-electron chi connectivity index (χ1n) is 14.3. The predicted molar refractivity (Wildman–Crippen MR) is 152 cm³/mol. The molecule has 1 N–H and O–H groups in total. The van der Waals surface area contributed by atoms with Crippen LogP contribution in [0.5, 0.6) is 0 Å². The molecule has 1 saturated carbocycles. The Hall–Kier alpha value is -3.41. The Balaban J connectivity index is 1.28. The van der Waals surface area contributed by atoms with E-state index >= 15 is 0 Å². The molecular weight excluding hydrogens is 486 g/mol. The first-order chi connectivity index (χ1) is 19.1. The van der Waals surface area contributed by atoms with E-state index < -0.39 is 6.29 Å². The number of hydrogen-bond donors (Lipinski definition) is 1. The van der Waals surface area contributed by atoms with Crippen molar-refractivity contribution in [3.63, 3.8) is 0 Å². The lowest BCUT2D eigenvalue weighted by molar-refractivity contribution is -0.156. The number of aliphatic hydroxyl groups is 1.